The summed E-state index contributed by atoms with van der Waals surface area (Å²) in [5.74, 6) is 0.414. The van der Waals surface area contributed by atoms with Crippen LogP contribution in [-0.4, -0.2) is 55.2 Å². The minimum Gasteiger partial charge on any atom is -0.493 e. The van der Waals surface area contributed by atoms with E-state index in [4.69, 9.17) is 28.4 Å². The highest BCUT2D eigenvalue weighted by atomic mass is 79.9. The van der Waals surface area contributed by atoms with Gasteiger partial charge in [0.15, 0.2) is 34.6 Å². The maximum atomic E-state index is 14.9. The van der Waals surface area contributed by atoms with Gasteiger partial charge in [0.2, 0.25) is 0 Å². The number of nitrogens with zero attached hydrogens (tertiary/aromatic N) is 2. The molecule has 6 aromatic carbocycles. The van der Waals surface area contributed by atoms with E-state index >= 15 is 0 Å². The average molecular weight is 1200 g/mol. The normalized spacial score (nSPS) is 11.9. The SMILES string of the molecule is COc1cc2nccc(Oc3ccc(NS(=O)(=O)c4cc(Br)cc(C(F)(F)F)c4)c(F)c3)c2cc1OC.COc1cc2nccc(Oc3ccc(NS(=O)(=O)c4cc(C(F)(F)F)ccc4Br)c(F)c3)c2cc1OC. The maximum absolute atomic E-state index is 14.9. The van der Waals surface area contributed by atoms with Gasteiger partial charge in [-0.15, -0.1) is 0 Å². The van der Waals surface area contributed by atoms with Crippen LogP contribution >= 0.6 is 31.9 Å². The van der Waals surface area contributed by atoms with Crippen molar-refractivity contribution < 1.29 is 80.4 Å². The molecule has 388 valence electrons. The van der Waals surface area contributed by atoms with Crippen LogP contribution in [0.5, 0.6) is 46.0 Å². The molecular weight excluding hydrogens is 1170 g/mol. The van der Waals surface area contributed by atoms with Crippen molar-refractivity contribution in [1.29, 1.82) is 0 Å². The van der Waals surface area contributed by atoms with E-state index in [9.17, 15) is 52.0 Å². The number of ether oxygens (including phenoxy) is 6. The first-order chi connectivity index (χ1) is 34.8. The van der Waals surface area contributed by atoms with E-state index < -0.39 is 76.3 Å². The summed E-state index contributed by atoms with van der Waals surface area (Å²) >= 11 is 5.80. The third kappa shape index (κ3) is 12.4. The molecule has 0 amide bonds. The zero-order valence-corrected chi connectivity index (χ0v) is 42.9. The molecular formula is C48H34Br2F8N4O10S2. The highest BCUT2D eigenvalue weighted by molar-refractivity contribution is 9.10. The molecule has 0 spiro atoms. The standard InChI is InChI=1S/2C24H17BrF4N2O5S/c1-34-21-11-15-19(12-22(21)35-2)30-8-7-20(15)36-14-4-6-18(17(26)10-14)31-37(32,33)23-9-13(24(27,28)29)3-5-16(23)25;1-34-22-11-17-20(12-23(22)35-2)30-6-5-21(17)36-15-3-4-19(18(26)10-15)31-37(32,33)16-8-13(24(27,28)29)7-14(25)9-16/h2*3-12,31H,1-2H3. The van der Waals surface area contributed by atoms with E-state index in [0.717, 1.165) is 48.5 Å². The molecule has 2 N–H and O–H groups in total. The molecule has 0 fully saturated rings. The summed E-state index contributed by atoms with van der Waals surface area (Å²) in [6.45, 7) is 0. The Kier molecular flexibility index (Phi) is 16.0. The predicted octanol–water partition coefficient (Wildman–Crippen LogP) is 13.5. The monoisotopic (exact) mass is 1200 g/mol. The Morgan fingerprint density at radius 3 is 1.36 bits per heavy atom. The number of methoxy groups -OCH3 is 4. The zero-order chi connectivity index (χ0) is 53.9. The second kappa shape index (κ2) is 21.7. The van der Waals surface area contributed by atoms with Crippen LogP contribution in [0.2, 0.25) is 0 Å². The number of halogens is 10. The van der Waals surface area contributed by atoms with Crippen LogP contribution in [0.3, 0.4) is 0 Å². The van der Waals surface area contributed by atoms with Crippen LogP contribution in [-0.2, 0) is 32.4 Å². The summed E-state index contributed by atoms with van der Waals surface area (Å²) in [4.78, 5) is 7.12. The number of rotatable bonds is 14. The molecule has 8 rings (SSSR count). The summed E-state index contributed by atoms with van der Waals surface area (Å²) in [6.07, 6.45) is -6.57. The first kappa shape index (κ1) is 54.6. The molecule has 2 heterocycles. The number of pyridine rings is 2. The summed E-state index contributed by atoms with van der Waals surface area (Å²) < 4.78 is 196. The maximum Gasteiger partial charge on any atom is 0.416 e. The fourth-order valence-corrected chi connectivity index (χ4v) is 10.6. The van der Waals surface area contributed by atoms with E-state index in [0.29, 0.717) is 68.4 Å². The molecule has 0 aliphatic rings. The van der Waals surface area contributed by atoms with Gasteiger partial charge in [0.1, 0.15) is 27.9 Å². The number of fused-ring (bicyclic) bond motifs is 2. The second-order valence-electron chi connectivity index (χ2n) is 15.1. The molecule has 0 unspecified atom stereocenters. The Morgan fingerprint density at radius 2 is 0.932 bits per heavy atom. The number of hydrogen-bond acceptors (Lipinski definition) is 12. The van der Waals surface area contributed by atoms with Gasteiger partial charge in [-0.3, -0.25) is 19.4 Å². The molecule has 8 aromatic rings. The topological polar surface area (TPSA) is 174 Å². The number of hydrogen-bond donors (Lipinski definition) is 2. The largest absolute Gasteiger partial charge is 0.493 e. The van der Waals surface area contributed by atoms with Crippen molar-refractivity contribution in [1.82, 2.24) is 9.97 Å². The lowest BCUT2D eigenvalue weighted by atomic mass is 10.2. The molecule has 0 atom stereocenters. The van der Waals surface area contributed by atoms with Crippen molar-refractivity contribution in [2.45, 2.75) is 22.1 Å². The summed E-state index contributed by atoms with van der Waals surface area (Å²) in [6, 6.07) is 20.6. The summed E-state index contributed by atoms with van der Waals surface area (Å²) in [5.41, 5.74) is -2.27. The lowest BCUT2D eigenvalue weighted by Crippen LogP contribution is -2.16. The predicted molar refractivity (Wildman–Crippen MR) is 263 cm³/mol. The minimum atomic E-state index is -4.77. The number of anilines is 2. The van der Waals surface area contributed by atoms with Crippen LogP contribution in [0.25, 0.3) is 21.8 Å². The molecule has 0 aliphatic heterocycles. The van der Waals surface area contributed by atoms with Gasteiger partial charge in [0.05, 0.1) is 66.9 Å². The summed E-state index contributed by atoms with van der Waals surface area (Å²) in [5, 5.41) is 1.08. The smallest absolute Gasteiger partial charge is 0.416 e. The first-order valence-corrected chi connectivity index (χ1v) is 25.2. The molecule has 0 aliphatic carbocycles. The van der Waals surface area contributed by atoms with E-state index in [2.05, 4.69) is 41.8 Å². The van der Waals surface area contributed by atoms with Gasteiger partial charge in [0.25, 0.3) is 20.0 Å². The molecule has 74 heavy (non-hydrogen) atoms. The number of aromatic nitrogens is 2. The fraction of sp³-hybridized carbons (Fsp3) is 0.125. The van der Waals surface area contributed by atoms with Crippen LogP contribution in [0.4, 0.5) is 46.5 Å². The molecule has 0 radical (unpaired) electrons. The van der Waals surface area contributed by atoms with Gasteiger partial charge in [-0.05, 0) is 101 Å². The van der Waals surface area contributed by atoms with Gasteiger partial charge in [0, 0.05) is 56.4 Å². The Morgan fingerprint density at radius 1 is 0.486 bits per heavy atom. The Hall–Kier alpha value is -7.16. The third-order valence-electron chi connectivity index (χ3n) is 10.3. The van der Waals surface area contributed by atoms with Crippen molar-refractivity contribution in [3.63, 3.8) is 0 Å². The van der Waals surface area contributed by atoms with Crippen LogP contribution in [0, 0.1) is 11.6 Å². The third-order valence-corrected chi connectivity index (χ3v) is 14.5. The lowest BCUT2D eigenvalue weighted by Gasteiger charge is -2.14. The molecule has 0 saturated heterocycles. The quantitative estimate of drug-likeness (QED) is 0.0988. The molecule has 0 bridgehead atoms. The van der Waals surface area contributed by atoms with Crippen LogP contribution < -0.4 is 37.9 Å². The van der Waals surface area contributed by atoms with E-state index in [1.54, 1.807) is 36.4 Å². The number of alkyl halides is 6. The average Bonchev–Trinajstić information content (AvgIpc) is 3.34. The van der Waals surface area contributed by atoms with E-state index in [-0.39, 0.29) is 20.4 Å². The highest BCUT2D eigenvalue weighted by Crippen LogP contribution is 2.41. The van der Waals surface area contributed by atoms with Gasteiger partial charge in [-0.25, -0.2) is 25.6 Å². The lowest BCUT2D eigenvalue weighted by molar-refractivity contribution is -0.138. The highest BCUT2D eigenvalue weighted by Gasteiger charge is 2.34. The zero-order valence-electron chi connectivity index (χ0n) is 38.1. The van der Waals surface area contributed by atoms with Crippen molar-refractivity contribution in [2.75, 3.05) is 37.9 Å². The fourth-order valence-electron chi connectivity index (χ4n) is 6.78. The van der Waals surface area contributed by atoms with Crippen LogP contribution in [0.1, 0.15) is 11.1 Å². The minimum absolute atomic E-state index is 0.0305. The molecule has 26 heteroatoms. The van der Waals surface area contributed by atoms with Crippen molar-refractivity contribution in [3.05, 3.63) is 153 Å². The Balaban J connectivity index is 0.000000216. The number of sulfonamides is 2. The molecule has 0 saturated carbocycles. The van der Waals surface area contributed by atoms with Gasteiger partial charge >= 0.3 is 12.4 Å². The van der Waals surface area contributed by atoms with Gasteiger partial charge in [-0.2, -0.15) is 26.3 Å². The van der Waals surface area contributed by atoms with Crippen molar-refractivity contribution in [3.8, 4) is 46.0 Å². The van der Waals surface area contributed by atoms with E-state index in [1.165, 1.54) is 53.0 Å². The molecule has 2 aromatic heterocycles. The second-order valence-corrected chi connectivity index (χ2v) is 20.2. The molecule has 14 nitrogen and oxygen atoms in total. The van der Waals surface area contributed by atoms with Crippen LogP contribution in [0.15, 0.2) is 140 Å². The number of benzene rings is 6. The van der Waals surface area contributed by atoms with E-state index in [1.807, 2.05) is 9.44 Å². The van der Waals surface area contributed by atoms with Crippen molar-refractivity contribution >= 4 is 85.1 Å². The van der Waals surface area contributed by atoms with Gasteiger partial charge < -0.3 is 28.4 Å². The van der Waals surface area contributed by atoms with Gasteiger partial charge in [-0.1, -0.05) is 15.9 Å². The Bertz CT molecular complexity index is 3670. The number of nitrogens with one attached hydrogen (secondary N) is 2. The summed E-state index contributed by atoms with van der Waals surface area (Å²) in [7, 11) is -3.23. The van der Waals surface area contributed by atoms with Crippen molar-refractivity contribution in [2.24, 2.45) is 0 Å². The first-order valence-electron chi connectivity index (χ1n) is 20.6. The Labute approximate surface area is 432 Å².